The maximum absolute atomic E-state index is 5.91. The molecule has 8 nitrogen and oxygen atoms in total. The van der Waals surface area contributed by atoms with Gasteiger partial charge in [0.25, 0.3) is 0 Å². The SMILES string of the molecule is CN(N)/C(=C\N)COc1cc(N)nc2cc(-c3ccn[nH]3)ccc12. The Morgan fingerprint density at radius 2 is 2.17 bits per heavy atom. The van der Waals surface area contributed by atoms with Gasteiger partial charge in [0.2, 0.25) is 0 Å². The minimum Gasteiger partial charge on any atom is -0.486 e. The predicted molar refractivity (Wildman–Crippen MR) is 93.5 cm³/mol. The second kappa shape index (κ2) is 6.47. The number of hydrogen-bond acceptors (Lipinski definition) is 7. The van der Waals surface area contributed by atoms with E-state index in [0.29, 0.717) is 17.3 Å². The molecule has 1 aromatic carbocycles. The van der Waals surface area contributed by atoms with Crippen molar-refractivity contribution in [1.82, 2.24) is 20.2 Å². The standard InChI is InChI=1S/C16H19N7O/c1-23(19)11(8-17)9-24-15-7-16(18)21-14-6-10(2-3-12(14)15)13-4-5-20-22-13/h2-8H,9,17,19H2,1H3,(H2,18,21)(H,20,22)/b11-8-. The number of rotatable bonds is 5. The number of aromatic nitrogens is 3. The lowest BCUT2D eigenvalue weighted by Gasteiger charge is -2.17. The average Bonchev–Trinajstić information content (AvgIpc) is 3.08. The number of nitrogen functional groups attached to an aromatic ring is 1. The number of fused-ring (bicyclic) bond motifs is 1. The average molecular weight is 325 g/mol. The summed E-state index contributed by atoms with van der Waals surface area (Å²) in [4.78, 5) is 4.38. The van der Waals surface area contributed by atoms with Crippen LogP contribution in [0, 0.1) is 0 Å². The number of nitrogens with one attached hydrogen (secondary N) is 1. The molecule has 0 aliphatic heterocycles. The minimum absolute atomic E-state index is 0.227. The molecule has 2 aromatic heterocycles. The van der Waals surface area contributed by atoms with Crippen LogP contribution in [0.25, 0.3) is 22.2 Å². The summed E-state index contributed by atoms with van der Waals surface area (Å²) in [6, 6.07) is 9.41. The predicted octanol–water partition coefficient (Wildman–Crippen LogP) is 1.19. The van der Waals surface area contributed by atoms with Crippen LogP contribution in [0.4, 0.5) is 5.82 Å². The van der Waals surface area contributed by atoms with Crippen molar-refractivity contribution in [1.29, 1.82) is 0 Å². The van der Waals surface area contributed by atoms with Gasteiger partial charge in [-0.15, -0.1) is 0 Å². The molecule has 124 valence electrons. The van der Waals surface area contributed by atoms with Crippen LogP contribution in [0.3, 0.4) is 0 Å². The van der Waals surface area contributed by atoms with Gasteiger partial charge in [-0.05, 0) is 18.2 Å². The van der Waals surface area contributed by atoms with Crippen LogP contribution in [-0.4, -0.2) is 33.8 Å². The summed E-state index contributed by atoms with van der Waals surface area (Å²) in [7, 11) is 1.69. The Morgan fingerprint density at radius 1 is 1.33 bits per heavy atom. The van der Waals surface area contributed by atoms with E-state index < -0.39 is 0 Å². The third-order valence-corrected chi connectivity index (χ3v) is 3.62. The van der Waals surface area contributed by atoms with Crippen molar-refractivity contribution in [3.8, 4) is 17.0 Å². The third-order valence-electron chi connectivity index (χ3n) is 3.62. The number of aromatic amines is 1. The van der Waals surface area contributed by atoms with Crippen LogP contribution >= 0.6 is 0 Å². The van der Waals surface area contributed by atoms with E-state index >= 15 is 0 Å². The fourth-order valence-electron chi connectivity index (χ4n) is 2.34. The molecule has 0 bridgehead atoms. The van der Waals surface area contributed by atoms with E-state index in [1.807, 2.05) is 24.3 Å². The number of ether oxygens (including phenoxy) is 1. The van der Waals surface area contributed by atoms with E-state index in [2.05, 4.69) is 15.2 Å². The third kappa shape index (κ3) is 3.08. The summed E-state index contributed by atoms with van der Waals surface area (Å²) in [6.45, 7) is 0.227. The normalized spacial score (nSPS) is 11.7. The molecule has 0 aliphatic carbocycles. The van der Waals surface area contributed by atoms with Crippen LogP contribution in [0.1, 0.15) is 0 Å². The van der Waals surface area contributed by atoms with Crippen molar-refractivity contribution in [2.75, 3.05) is 19.4 Å². The topological polar surface area (TPSA) is 132 Å². The molecule has 0 spiro atoms. The zero-order valence-electron chi connectivity index (χ0n) is 13.2. The Bertz CT molecular complexity index is 872. The number of nitrogens with zero attached hydrogens (tertiary/aromatic N) is 3. The Balaban J connectivity index is 1.96. The van der Waals surface area contributed by atoms with Gasteiger partial charge in [0, 0.05) is 36.5 Å². The molecule has 3 rings (SSSR count). The highest BCUT2D eigenvalue weighted by atomic mass is 16.5. The van der Waals surface area contributed by atoms with E-state index in [0.717, 1.165) is 22.2 Å². The van der Waals surface area contributed by atoms with Gasteiger partial charge in [0.15, 0.2) is 0 Å². The molecular weight excluding hydrogens is 306 g/mol. The molecule has 2 heterocycles. The smallest absolute Gasteiger partial charge is 0.132 e. The van der Waals surface area contributed by atoms with Crippen molar-refractivity contribution in [2.24, 2.45) is 11.6 Å². The first-order valence-electron chi connectivity index (χ1n) is 7.30. The van der Waals surface area contributed by atoms with Crippen molar-refractivity contribution in [3.05, 3.63) is 48.4 Å². The van der Waals surface area contributed by atoms with Crippen LogP contribution in [0.15, 0.2) is 48.4 Å². The second-order valence-corrected chi connectivity index (χ2v) is 5.31. The highest BCUT2D eigenvalue weighted by Crippen LogP contribution is 2.30. The van der Waals surface area contributed by atoms with Gasteiger partial charge in [-0.25, -0.2) is 10.8 Å². The van der Waals surface area contributed by atoms with Gasteiger partial charge >= 0.3 is 0 Å². The number of hydrogen-bond donors (Lipinski definition) is 4. The van der Waals surface area contributed by atoms with Gasteiger partial charge in [-0.1, -0.05) is 6.07 Å². The van der Waals surface area contributed by atoms with Gasteiger partial charge in [-0.2, -0.15) is 5.10 Å². The first kappa shape index (κ1) is 15.6. The Hall–Kier alpha value is -3.26. The summed E-state index contributed by atoms with van der Waals surface area (Å²) in [5, 5.41) is 9.14. The van der Waals surface area contributed by atoms with Gasteiger partial charge in [0.1, 0.15) is 18.2 Å². The summed E-state index contributed by atoms with van der Waals surface area (Å²) < 4.78 is 5.83. The van der Waals surface area contributed by atoms with E-state index in [9.17, 15) is 0 Å². The van der Waals surface area contributed by atoms with Crippen LogP contribution in [0.2, 0.25) is 0 Å². The van der Waals surface area contributed by atoms with Crippen LogP contribution in [-0.2, 0) is 0 Å². The van der Waals surface area contributed by atoms with Crippen LogP contribution in [0.5, 0.6) is 5.75 Å². The monoisotopic (exact) mass is 325 g/mol. The van der Waals surface area contributed by atoms with E-state index in [-0.39, 0.29) is 6.61 Å². The van der Waals surface area contributed by atoms with E-state index in [4.69, 9.17) is 22.0 Å². The quantitative estimate of drug-likeness (QED) is 0.409. The molecule has 0 saturated carbocycles. The molecular formula is C16H19N7O. The number of benzene rings is 1. The highest BCUT2D eigenvalue weighted by molar-refractivity contribution is 5.90. The molecule has 8 heteroatoms. The summed E-state index contributed by atoms with van der Waals surface area (Å²) in [6.07, 6.45) is 3.11. The Labute approximate surface area is 138 Å². The number of hydrazine groups is 1. The summed E-state index contributed by atoms with van der Waals surface area (Å²) >= 11 is 0. The highest BCUT2D eigenvalue weighted by Gasteiger charge is 2.10. The minimum atomic E-state index is 0.227. The van der Waals surface area contributed by atoms with Gasteiger partial charge < -0.3 is 21.2 Å². The molecule has 0 saturated heterocycles. The molecule has 7 N–H and O–H groups in total. The van der Waals surface area contributed by atoms with Gasteiger partial charge in [0.05, 0.1) is 16.9 Å². The van der Waals surface area contributed by atoms with E-state index in [1.165, 1.54) is 11.2 Å². The number of pyridine rings is 1. The van der Waals surface area contributed by atoms with Crippen LogP contribution < -0.4 is 22.0 Å². The lowest BCUT2D eigenvalue weighted by atomic mass is 10.1. The van der Waals surface area contributed by atoms with Crippen molar-refractivity contribution < 1.29 is 4.74 Å². The van der Waals surface area contributed by atoms with Crippen molar-refractivity contribution >= 4 is 16.7 Å². The largest absolute Gasteiger partial charge is 0.486 e. The summed E-state index contributed by atoms with van der Waals surface area (Å²) in [5.41, 5.74) is 14.7. The lowest BCUT2D eigenvalue weighted by molar-refractivity contribution is 0.297. The molecule has 3 aromatic rings. The summed E-state index contributed by atoms with van der Waals surface area (Å²) in [5.74, 6) is 6.68. The zero-order chi connectivity index (χ0) is 17.1. The lowest BCUT2D eigenvalue weighted by Crippen LogP contribution is -2.29. The molecule has 0 unspecified atom stereocenters. The molecule has 0 aliphatic rings. The first-order chi connectivity index (χ1) is 11.6. The Kier molecular flexibility index (Phi) is 4.21. The maximum Gasteiger partial charge on any atom is 0.132 e. The number of anilines is 1. The molecule has 0 atom stereocenters. The fraction of sp³-hybridized carbons (Fsp3) is 0.125. The van der Waals surface area contributed by atoms with E-state index in [1.54, 1.807) is 19.3 Å². The number of H-pyrrole nitrogens is 1. The van der Waals surface area contributed by atoms with Gasteiger partial charge in [-0.3, -0.25) is 5.10 Å². The Morgan fingerprint density at radius 3 is 2.83 bits per heavy atom. The van der Waals surface area contributed by atoms with Crippen molar-refractivity contribution in [2.45, 2.75) is 0 Å². The number of likely N-dealkylation sites (N-methyl/N-ethyl adjacent to an activating group) is 1. The fourth-order valence-corrected chi connectivity index (χ4v) is 2.34. The molecule has 0 radical (unpaired) electrons. The molecule has 24 heavy (non-hydrogen) atoms. The first-order valence-corrected chi connectivity index (χ1v) is 7.30. The second-order valence-electron chi connectivity index (χ2n) is 5.31. The molecule has 0 fully saturated rings. The molecule has 0 amide bonds. The van der Waals surface area contributed by atoms with Crippen molar-refractivity contribution in [3.63, 3.8) is 0 Å². The zero-order valence-corrected chi connectivity index (χ0v) is 13.2. The number of nitrogens with two attached hydrogens (primary N) is 3. The maximum atomic E-state index is 5.91.